The SMILES string of the molecule is COc1ccccc1N1CCO[C@H]1c1cn(Cc2ccccc2Cl)nn1. The van der Waals surface area contributed by atoms with E-state index in [4.69, 9.17) is 21.1 Å². The van der Waals surface area contributed by atoms with Crippen LogP contribution in [0.4, 0.5) is 5.69 Å². The number of methoxy groups -OCH3 is 1. The first kappa shape index (κ1) is 16.9. The highest BCUT2D eigenvalue weighted by Gasteiger charge is 2.31. The van der Waals surface area contributed by atoms with Gasteiger partial charge in [0.25, 0.3) is 0 Å². The molecule has 0 aliphatic carbocycles. The summed E-state index contributed by atoms with van der Waals surface area (Å²) in [6.07, 6.45) is 1.62. The van der Waals surface area contributed by atoms with Gasteiger partial charge in [-0.05, 0) is 23.8 Å². The van der Waals surface area contributed by atoms with Crippen LogP contribution in [0.1, 0.15) is 17.5 Å². The number of hydrogen-bond donors (Lipinski definition) is 0. The molecular weight excluding hydrogens is 352 g/mol. The Kier molecular flexibility index (Phi) is 4.77. The molecule has 7 heteroatoms. The Balaban J connectivity index is 1.57. The smallest absolute Gasteiger partial charge is 0.177 e. The predicted molar refractivity (Wildman–Crippen MR) is 99.6 cm³/mol. The topological polar surface area (TPSA) is 52.4 Å². The molecule has 0 unspecified atom stereocenters. The maximum Gasteiger partial charge on any atom is 0.177 e. The molecule has 0 spiro atoms. The van der Waals surface area contributed by atoms with Crippen LogP contribution in [0.25, 0.3) is 0 Å². The van der Waals surface area contributed by atoms with Gasteiger partial charge in [0, 0.05) is 11.6 Å². The zero-order valence-corrected chi connectivity index (χ0v) is 15.1. The van der Waals surface area contributed by atoms with Gasteiger partial charge < -0.3 is 14.4 Å². The quantitative estimate of drug-likeness (QED) is 0.687. The van der Waals surface area contributed by atoms with Gasteiger partial charge in [0.1, 0.15) is 11.4 Å². The van der Waals surface area contributed by atoms with Crippen molar-refractivity contribution in [1.29, 1.82) is 0 Å². The molecule has 0 radical (unpaired) electrons. The lowest BCUT2D eigenvalue weighted by Crippen LogP contribution is -2.24. The first-order valence-electron chi connectivity index (χ1n) is 8.41. The molecule has 2 heterocycles. The van der Waals surface area contributed by atoms with Crippen molar-refractivity contribution >= 4 is 17.3 Å². The highest BCUT2D eigenvalue weighted by molar-refractivity contribution is 6.31. The van der Waals surface area contributed by atoms with Gasteiger partial charge in [-0.2, -0.15) is 0 Å². The van der Waals surface area contributed by atoms with Crippen LogP contribution < -0.4 is 9.64 Å². The van der Waals surface area contributed by atoms with Crippen LogP contribution in [-0.2, 0) is 11.3 Å². The monoisotopic (exact) mass is 370 g/mol. The zero-order valence-electron chi connectivity index (χ0n) is 14.4. The standard InChI is InChI=1S/C19H19ClN4O2/c1-25-18-9-5-4-8-17(18)24-10-11-26-19(24)16-13-23(22-21-16)12-14-6-2-3-7-15(14)20/h2-9,13,19H,10-12H2,1H3/t19-/m0/s1. The van der Waals surface area contributed by atoms with Crippen LogP contribution in [-0.4, -0.2) is 35.3 Å². The van der Waals surface area contributed by atoms with Gasteiger partial charge in [-0.3, -0.25) is 0 Å². The molecule has 3 aromatic rings. The highest BCUT2D eigenvalue weighted by Crippen LogP contribution is 2.36. The van der Waals surface area contributed by atoms with E-state index in [1.807, 2.05) is 54.7 Å². The van der Waals surface area contributed by atoms with E-state index < -0.39 is 0 Å². The molecule has 0 N–H and O–H groups in total. The molecule has 0 amide bonds. The Morgan fingerprint density at radius 2 is 2.00 bits per heavy atom. The Morgan fingerprint density at radius 1 is 1.19 bits per heavy atom. The van der Waals surface area contributed by atoms with Crippen molar-refractivity contribution in [1.82, 2.24) is 15.0 Å². The average molecular weight is 371 g/mol. The Morgan fingerprint density at radius 3 is 2.85 bits per heavy atom. The van der Waals surface area contributed by atoms with E-state index in [9.17, 15) is 0 Å². The molecule has 1 aliphatic rings. The predicted octanol–water partition coefficient (Wildman–Crippen LogP) is 3.52. The molecule has 134 valence electrons. The number of aromatic nitrogens is 3. The molecule has 1 fully saturated rings. The normalized spacial score (nSPS) is 16.8. The minimum Gasteiger partial charge on any atom is -0.495 e. The summed E-state index contributed by atoms with van der Waals surface area (Å²) in [5.74, 6) is 0.812. The minimum atomic E-state index is -0.286. The molecule has 4 rings (SSSR count). The van der Waals surface area contributed by atoms with Crippen molar-refractivity contribution in [2.45, 2.75) is 12.8 Å². The number of nitrogens with zero attached hydrogens (tertiary/aromatic N) is 4. The molecule has 26 heavy (non-hydrogen) atoms. The lowest BCUT2D eigenvalue weighted by molar-refractivity contribution is 0.110. The van der Waals surface area contributed by atoms with E-state index in [-0.39, 0.29) is 6.23 Å². The van der Waals surface area contributed by atoms with E-state index in [2.05, 4.69) is 15.2 Å². The van der Waals surface area contributed by atoms with Crippen LogP contribution in [0.2, 0.25) is 5.02 Å². The number of ether oxygens (including phenoxy) is 2. The van der Waals surface area contributed by atoms with Crippen LogP contribution >= 0.6 is 11.6 Å². The Bertz CT molecular complexity index is 899. The van der Waals surface area contributed by atoms with Gasteiger partial charge in [0.2, 0.25) is 0 Å². The average Bonchev–Trinajstić information content (AvgIpc) is 3.32. The van der Waals surface area contributed by atoms with Gasteiger partial charge in [-0.25, -0.2) is 4.68 Å². The maximum absolute atomic E-state index is 6.24. The van der Waals surface area contributed by atoms with Gasteiger partial charge in [0.15, 0.2) is 6.23 Å². The molecule has 1 saturated heterocycles. The second-order valence-corrected chi connectivity index (χ2v) is 6.43. The fraction of sp³-hybridized carbons (Fsp3) is 0.263. The van der Waals surface area contributed by atoms with Gasteiger partial charge >= 0.3 is 0 Å². The van der Waals surface area contributed by atoms with Crippen molar-refractivity contribution in [2.75, 3.05) is 25.2 Å². The van der Waals surface area contributed by atoms with Crippen molar-refractivity contribution in [3.05, 3.63) is 71.0 Å². The summed E-state index contributed by atoms with van der Waals surface area (Å²) >= 11 is 6.24. The van der Waals surface area contributed by atoms with Gasteiger partial charge in [-0.1, -0.05) is 47.1 Å². The fourth-order valence-corrected chi connectivity index (χ4v) is 3.33. The Hall–Kier alpha value is -2.57. The Labute approximate surface area is 156 Å². The zero-order chi connectivity index (χ0) is 17.9. The van der Waals surface area contributed by atoms with E-state index >= 15 is 0 Å². The van der Waals surface area contributed by atoms with Crippen molar-refractivity contribution in [2.24, 2.45) is 0 Å². The summed E-state index contributed by atoms with van der Waals surface area (Å²) in [6, 6.07) is 15.6. The van der Waals surface area contributed by atoms with Gasteiger partial charge in [-0.15, -0.1) is 5.10 Å². The summed E-state index contributed by atoms with van der Waals surface area (Å²) in [7, 11) is 1.67. The molecular formula is C19H19ClN4O2. The number of halogens is 1. The third kappa shape index (κ3) is 3.25. The lowest BCUT2D eigenvalue weighted by Gasteiger charge is -2.25. The second-order valence-electron chi connectivity index (χ2n) is 6.02. The molecule has 1 aliphatic heterocycles. The molecule has 0 bridgehead atoms. The molecule has 2 aromatic carbocycles. The molecule has 1 aromatic heterocycles. The van der Waals surface area contributed by atoms with E-state index in [1.54, 1.807) is 11.8 Å². The summed E-state index contributed by atoms with van der Waals surface area (Å²) in [6.45, 7) is 1.95. The van der Waals surface area contributed by atoms with Crippen LogP contribution in [0.3, 0.4) is 0 Å². The van der Waals surface area contributed by atoms with Crippen molar-refractivity contribution in [3.63, 3.8) is 0 Å². The number of para-hydroxylation sites is 2. The number of hydrogen-bond acceptors (Lipinski definition) is 5. The van der Waals surface area contributed by atoms with Crippen LogP contribution in [0, 0.1) is 0 Å². The lowest BCUT2D eigenvalue weighted by atomic mass is 10.2. The third-order valence-electron chi connectivity index (χ3n) is 4.39. The van der Waals surface area contributed by atoms with Crippen molar-refractivity contribution < 1.29 is 9.47 Å². The number of anilines is 1. The summed E-state index contributed by atoms with van der Waals surface area (Å²) in [5.41, 5.74) is 2.75. The van der Waals surface area contributed by atoms with Crippen LogP contribution in [0.5, 0.6) is 5.75 Å². The minimum absolute atomic E-state index is 0.286. The fourth-order valence-electron chi connectivity index (χ4n) is 3.13. The first-order valence-corrected chi connectivity index (χ1v) is 8.79. The van der Waals surface area contributed by atoms with E-state index in [1.165, 1.54) is 0 Å². The van der Waals surface area contributed by atoms with Crippen molar-refractivity contribution in [3.8, 4) is 5.75 Å². The van der Waals surface area contributed by atoms with Crippen LogP contribution in [0.15, 0.2) is 54.7 Å². The molecule has 6 nitrogen and oxygen atoms in total. The first-order chi connectivity index (χ1) is 12.8. The number of rotatable bonds is 5. The third-order valence-corrected chi connectivity index (χ3v) is 4.75. The van der Waals surface area contributed by atoms with Gasteiger partial charge in [0.05, 0.1) is 32.1 Å². The number of benzene rings is 2. The highest BCUT2D eigenvalue weighted by atomic mass is 35.5. The molecule has 1 atom stereocenters. The summed E-state index contributed by atoms with van der Waals surface area (Å²) < 4.78 is 13.2. The molecule has 0 saturated carbocycles. The largest absolute Gasteiger partial charge is 0.495 e. The summed E-state index contributed by atoms with van der Waals surface area (Å²) in [4.78, 5) is 2.14. The van der Waals surface area contributed by atoms with E-state index in [0.717, 1.165) is 34.3 Å². The summed E-state index contributed by atoms with van der Waals surface area (Å²) in [5, 5.41) is 9.28. The maximum atomic E-state index is 6.24. The second kappa shape index (κ2) is 7.35. The van der Waals surface area contributed by atoms with E-state index in [0.29, 0.717) is 13.2 Å².